The number of benzene rings is 1. The lowest BCUT2D eigenvalue weighted by molar-refractivity contribution is 0.0594. The molecule has 1 amide bonds. The Bertz CT molecular complexity index is 769. The Morgan fingerprint density at radius 1 is 1.29 bits per heavy atom. The lowest BCUT2D eigenvalue weighted by atomic mass is 10.2. The number of amides is 1. The summed E-state index contributed by atoms with van der Waals surface area (Å²) in [6.45, 7) is 0.343. The van der Waals surface area contributed by atoms with Gasteiger partial charge in [-0.25, -0.2) is 9.78 Å². The molecule has 0 atom stereocenters. The zero-order valence-electron chi connectivity index (χ0n) is 12.8. The van der Waals surface area contributed by atoms with Crippen molar-refractivity contribution in [2.75, 3.05) is 7.11 Å². The SMILES string of the molecule is COC(=O)c1csc(CN(C(=O)c2cc(Cl)cc(Cl)c2)C2CC2)n1. The van der Waals surface area contributed by atoms with Crippen LogP contribution in [0.4, 0.5) is 0 Å². The number of carbonyl (C=O) groups is 2. The number of methoxy groups -OCH3 is 1. The molecule has 1 aliphatic carbocycles. The molecule has 1 saturated carbocycles. The average Bonchev–Trinajstić information content (AvgIpc) is 3.28. The van der Waals surface area contributed by atoms with Crippen molar-refractivity contribution < 1.29 is 14.3 Å². The number of ether oxygens (including phenoxy) is 1. The number of hydrogen-bond donors (Lipinski definition) is 0. The zero-order chi connectivity index (χ0) is 17.3. The number of hydrogen-bond acceptors (Lipinski definition) is 5. The lowest BCUT2D eigenvalue weighted by Gasteiger charge is -2.21. The first-order valence-corrected chi connectivity index (χ1v) is 8.91. The van der Waals surface area contributed by atoms with E-state index in [2.05, 4.69) is 9.72 Å². The van der Waals surface area contributed by atoms with Crippen molar-refractivity contribution in [2.24, 2.45) is 0 Å². The molecule has 0 spiro atoms. The number of aromatic nitrogens is 1. The zero-order valence-corrected chi connectivity index (χ0v) is 15.1. The van der Waals surface area contributed by atoms with Gasteiger partial charge >= 0.3 is 5.97 Å². The first-order chi connectivity index (χ1) is 11.5. The summed E-state index contributed by atoms with van der Waals surface area (Å²) in [4.78, 5) is 30.3. The minimum atomic E-state index is -0.483. The Morgan fingerprint density at radius 3 is 2.54 bits per heavy atom. The van der Waals surface area contributed by atoms with Crippen LogP contribution in [0.3, 0.4) is 0 Å². The average molecular weight is 385 g/mol. The predicted molar refractivity (Wildman–Crippen MR) is 92.8 cm³/mol. The van der Waals surface area contributed by atoms with Crippen LogP contribution in [0.2, 0.25) is 10.0 Å². The number of carbonyl (C=O) groups excluding carboxylic acids is 2. The fourth-order valence-corrected chi connectivity index (χ4v) is 3.61. The second-order valence-corrected chi connectivity index (χ2v) is 7.26. The first-order valence-electron chi connectivity index (χ1n) is 7.27. The van der Waals surface area contributed by atoms with Crippen LogP contribution >= 0.6 is 34.5 Å². The molecule has 24 heavy (non-hydrogen) atoms. The van der Waals surface area contributed by atoms with Gasteiger partial charge in [0.15, 0.2) is 5.69 Å². The van der Waals surface area contributed by atoms with Gasteiger partial charge in [-0.2, -0.15) is 0 Å². The predicted octanol–water partition coefficient (Wildman–Crippen LogP) is 4.04. The number of rotatable bonds is 5. The molecule has 1 aliphatic rings. The number of nitrogens with zero attached hydrogens (tertiary/aromatic N) is 2. The van der Waals surface area contributed by atoms with E-state index in [1.165, 1.54) is 18.4 Å². The second kappa shape index (κ2) is 7.09. The van der Waals surface area contributed by atoms with Crippen LogP contribution in [-0.2, 0) is 11.3 Å². The molecule has 1 heterocycles. The molecule has 1 aromatic heterocycles. The van der Waals surface area contributed by atoms with E-state index >= 15 is 0 Å². The van der Waals surface area contributed by atoms with Crippen LogP contribution in [-0.4, -0.2) is 34.9 Å². The van der Waals surface area contributed by atoms with Crippen LogP contribution < -0.4 is 0 Å². The monoisotopic (exact) mass is 384 g/mol. The minimum Gasteiger partial charge on any atom is -0.464 e. The van der Waals surface area contributed by atoms with E-state index in [1.54, 1.807) is 28.5 Å². The summed E-state index contributed by atoms with van der Waals surface area (Å²) in [5.41, 5.74) is 0.704. The summed E-state index contributed by atoms with van der Waals surface area (Å²) in [6.07, 6.45) is 1.91. The number of halogens is 2. The van der Waals surface area contributed by atoms with Gasteiger partial charge in [-0.1, -0.05) is 23.2 Å². The van der Waals surface area contributed by atoms with Crippen molar-refractivity contribution >= 4 is 46.4 Å². The number of esters is 1. The highest BCUT2D eigenvalue weighted by Gasteiger charge is 2.34. The second-order valence-electron chi connectivity index (χ2n) is 5.44. The molecule has 0 radical (unpaired) electrons. The third kappa shape index (κ3) is 3.88. The van der Waals surface area contributed by atoms with Gasteiger partial charge in [0.05, 0.1) is 13.7 Å². The fourth-order valence-electron chi connectivity index (χ4n) is 2.32. The van der Waals surface area contributed by atoms with Crippen molar-refractivity contribution in [3.8, 4) is 0 Å². The smallest absolute Gasteiger partial charge is 0.357 e. The topological polar surface area (TPSA) is 59.5 Å². The maximum absolute atomic E-state index is 12.8. The van der Waals surface area contributed by atoms with Gasteiger partial charge in [-0.05, 0) is 31.0 Å². The van der Waals surface area contributed by atoms with E-state index in [1.807, 2.05) is 0 Å². The Balaban J connectivity index is 1.81. The molecule has 1 aromatic carbocycles. The molecular weight excluding hydrogens is 371 g/mol. The van der Waals surface area contributed by atoms with Gasteiger partial charge < -0.3 is 9.64 Å². The molecular formula is C16H14Cl2N2O3S. The van der Waals surface area contributed by atoms with Crippen molar-refractivity contribution in [3.63, 3.8) is 0 Å². The van der Waals surface area contributed by atoms with Crippen LogP contribution in [0.15, 0.2) is 23.6 Å². The van der Waals surface area contributed by atoms with Gasteiger partial charge in [0, 0.05) is 27.0 Å². The van der Waals surface area contributed by atoms with E-state index in [4.69, 9.17) is 23.2 Å². The summed E-state index contributed by atoms with van der Waals surface area (Å²) >= 11 is 13.3. The number of thiazole rings is 1. The molecule has 3 rings (SSSR count). The molecule has 0 bridgehead atoms. The summed E-state index contributed by atoms with van der Waals surface area (Å²) in [5, 5.41) is 3.16. The highest BCUT2D eigenvalue weighted by atomic mass is 35.5. The van der Waals surface area contributed by atoms with E-state index < -0.39 is 5.97 Å². The fraction of sp³-hybridized carbons (Fsp3) is 0.312. The Hall–Kier alpha value is -1.63. The molecule has 0 aliphatic heterocycles. The summed E-state index contributed by atoms with van der Waals surface area (Å²) in [5.74, 6) is -0.625. The van der Waals surface area contributed by atoms with Gasteiger partial charge in [0.1, 0.15) is 5.01 Å². The summed E-state index contributed by atoms with van der Waals surface area (Å²) in [6, 6.07) is 4.98. The molecule has 5 nitrogen and oxygen atoms in total. The Labute approximate surface area is 153 Å². The van der Waals surface area contributed by atoms with Crippen LogP contribution in [0.1, 0.15) is 38.7 Å². The van der Waals surface area contributed by atoms with Gasteiger partial charge in [0.2, 0.25) is 0 Å². The quantitative estimate of drug-likeness (QED) is 0.729. The normalized spacial score (nSPS) is 13.6. The molecule has 8 heteroatoms. The first kappa shape index (κ1) is 17.2. The third-order valence-electron chi connectivity index (χ3n) is 3.61. The van der Waals surface area contributed by atoms with Gasteiger partial charge in [-0.15, -0.1) is 11.3 Å². The molecule has 1 fully saturated rings. The van der Waals surface area contributed by atoms with E-state index in [0.717, 1.165) is 12.8 Å². The maximum Gasteiger partial charge on any atom is 0.357 e. The Morgan fingerprint density at radius 2 is 1.96 bits per heavy atom. The molecule has 0 N–H and O–H groups in total. The van der Waals surface area contributed by atoms with Gasteiger partial charge in [-0.3, -0.25) is 4.79 Å². The maximum atomic E-state index is 12.8. The van der Waals surface area contributed by atoms with Crippen LogP contribution in [0.25, 0.3) is 0 Å². The third-order valence-corrected chi connectivity index (χ3v) is 4.88. The summed E-state index contributed by atoms with van der Waals surface area (Å²) in [7, 11) is 1.31. The van der Waals surface area contributed by atoms with Crippen LogP contribution in [0, 0.1) is 0 Å². The van der Waals surface area contributed by atoms with E-state index in [9.17, 15) is 9.59 Å². The van der Waals surface area contributed by atoms with Gasteiger partial charge in [0.25, 0.3) is 5.91 Å². The Kier molecular flexibility index (Phi) is 5.08. The van der Waals surface area contributed by atoms with Crippen molar-refractivity contribution in [1.29, 1.82) is 0 Å². The molecule has 126 valence electrons. The minimum absolute atomic E-state index is 0.142. The molecule has 2 aromatic rings. The highest BCUT2D eigenvalue weighted by molar-refractivity contribution is 7.09. The molecule has 0 saturated heterocycles. The van der Waals surface area contributed by atoms with Crippen molar-refractivity contribution in [1.82, 2.24) is 9.88 Å². The van der Waals surface area contributed by atoms with Crippen LogP contribution in [0.5, 0.6) is 0 Å². The molecule has 0 unspecified atom stereocenters. The van der Waals surface area contributed by atoms with Crippen molar-refractivity contribution in [2.45, 2.75) is 25.4 Å². The standard InChI is InChI=1S/C16H14Cl2N2O3S/c1-23-16(22)13-8-24-14(19-13)7-20(12-2-3-12)15(21)9-4-10(17)6-11(18)5-9/h4-6,8,12H,2-3,7H2,1H3. The largest absolute Gasteiger partial charge is 0.464 e. The lowest BCUT2D eigenvalue weighted by Crippen LogP contribution is -2.32. The van der Waals surface area contributed by atoms with E-state index in [-0.39, 0.29) is 17.6 Å². The van der Waals surface area contributed by atoms with Crippen molar-refractivity contribution in [3.05, 3.63) is 49.9 Å². The van der Waals surface area contributed by atoms with E-state index in [0.29, 0.717) is 27.2 Å². The highest BCUT2D eigenvalue weighted by Crippen LogP contribution is 2.31. The summed E-state index contributed by atoms with van der Waals surface area (Å²) < 4.78 is 4.65.